The Kier molecular flexibility index (Phi) is 3.50. The third kappa shape index (κ3) is 2.44. The van der Waals surface area contributed by atoms with E-state index in [-0.39, 0.29) is 6.04 Å². The van der Waals surface area contributed by atoms with Crippen LogP contribution in [0.3, 0.4) is 0 Å². The van der Waals surface area contributed by atoms with Crippen LogP contribution in [0.15, 0.2) is 42.5 Å². The molecule has 2 aromatic rings. The van der Waals surface area contributed by atoms with Gasteiger partial charge < -0.3 is 14.8 Å². The Hall–Kier alpha value is -2.16. The van der Waals surface area contributed by atoms with Crippen LogP contribution < -0.4 is 14.8 Å². The van der Waals surface area contributed by atoms with Crippen molar-refractivity contribution in [2.75, 3.05) is 19.0 Å². The van der Waals surface area contributed by atoms with Crippen LogP contribution in [-0.4, -0.2) is 13.7 Å². The highest BCUT2D eigenvalue weighted by atomic mass is 16.5. The second kappa shape index (κ2) is 5.45. The van der Waals surface area contributed by atoms with Crippen LogP contribution in [0.25, 0.3) is 0 Å². The van der Waals surface area contributed by atoms with Crippen LogP contribution in [-0.2, 0) is 0 Å². The van der Waals surface area contributed by atoms with Crippen LogP contribution in [0.4, 0.5) is 5.69 Å². The van der Waals surface area contributed by atoms with E-state index in [0.29, 0.717) is 0 Å². The first-order valence-electron chi connectivity index (χ1n) is 6.91. The summed E-state index contributed by atoms with van der Waals surface area (Å²) in [4.78, 5) is 0. The molecule has 1 atom stereocenters. The fourth-order valence-electron chi connectivity index (χ4n) is 2.57. The summed E-state index contributed by atoms with van der Waals surface area (Å²) in [6, 6.07) is 14.6. The van der Waals surface area contributed by atoms with Gasteiger partial charge in [0.05, 0.1) is 19.8 Å². The summed E-state index contributed by atoms with van der Waals surface area (Å²) < 4.78 is 11.0. The van der Waals surface area contributed by atoms with Gasteiger partial charge in [-0.25, -0.2) is 0 Å². The lowest BCUT2D eigenvalue weighted by atomic mass is 9.99. The monoisotopic (exact) mass is 269 g/mol. The SMILES string of the molecule is COc1ccc2c(c1)C(Nc1ccccc1C)CCO2. The molecule has 0 saturated heterocycles. The van der Waals surface area contributed by atoms with Crippen molar-refractivity contribution in [3.05, 3.63) is 53.6 Å². The first kappa shape index (κ1) is 12.9. The maximum absolute atomic E-state index is 5.73. The molecule has 0 fully saturated rings. The molecule has 0 aromatic heterocycles. The van der Waals surface area contributed by atoms with Crippen molar-refractivity contribution < 1.29 is 9.47 Å². The van der Waals surface area contributed by atoms with E-state index in [1.165, 1.54) is 16.8 Å². The molecule has 0 spiro atoms. The fraction of sp³-hybridized carbons (Fsp3) is 0.294. The van der Waals surface area contributed by atoms with Crippen molar-refractivity contribution in [1.29, 1.82) is 0 Å². The van der Waals surface area contributed by atoms with Crippen molar-refractivity contribution in [2.24, 2.45) is 0 Å². The number of para-hydroxylation sites is 1. The molecule has 104 valence electrons. The van der Waals surface area contributed by atoms with E-state index in [1.54, 1.807) is 7.11 Å². The lowest BCUT2D eigenvalue weighted by molar-refractivity contribution is 0.273. The molecule has 1 heterocycles. The molecule has 1 aliphatic heterocycles. The maximum Gasteiger partial charge on any atom is 0.124 e. The maximum atomic E-state index is 5.73. The standard InChI is InChI=1S/C17H19NO2/c1-12-5-3-4-6-15(12)18-16-9-10-20-17-8-7-13(19-2)11-14(16)17/h3-8,11,16,18H,9-10H2,1-2H3. The molecule has 0 radical (unpaired) electrons. The Bertz CT molecular complexity index is 610. The minimum Gasteiger partial charge on any atom is -0.497 e. The normalized spacial score (nSPS) is 17.0. The predicted octanol–water partition coefficient (Wildman–Crippen LogP) is 3.94. The summed E-state index contributed by atoms with van der Waals surface area (Å²) >= 11 is 0. The Balaban J connectivity index is 1.91. The first-order chi connectivity index (χ1) is 9.78. The summed E-state index contributed by atoms with van der Waals surface area (Å²) in [7, 11) is 1.69. The number of aryl methyl sites for hydroxylation is 1. The number of rotatable bonds is 3. The van der Waals surface area contributed by atoms with Gasteiger partial charge in [0.15, 0.2) is 0 Å². The molecule has 1 N–H and O–H groups in total. The summed E-state index contributed by atoms with van der Waals surface area (Å²) in [5, 5.41) is 3.62. The zero-order chi connectivity index (χ0) is 13.9. The van der Waals surface area contributed by atoms with Crippen molar-refractivity contribution >= 4 is 5.69 Å². The third-order valence-corrected chi connectivity index (χ3v) is 3.73. The summed E-state index contributed by atoms with van der Waals surface area (Å²) in [6.45, 7) is 2.86. The molecule has 1 aliphatic rings. The van der Waals surface area contributed by atoms with E-state index in [4.69, 9.17) is 9.47 Å². The number of hydrogen-bond acceptors (Lipinski definition) is 3. The molecule has 0 aliphatic carbocycles. The lowest BCUT2D eigenvalue weighted by Crippen LogP contribution is -2.20. The van der Waals surface area contributed by atoms with Gasteiger partial charge in [0, 0.05) is 17.7 Å². The third-order valence-electron chi connectivity index (χ3n) is 3.73. The van der Waals surface area contributed by atoms with E-state index in [0.717, 1.165) is 24.5 Å². The molecule has 20 heavy (non-hydrogen) atoms. The number of methoxy groups -OCH3 is 1. The number of nitrogens with one attached hydrogen (secondary N) is 1. The number of hydrogen-bond donors (Lipinski definition) is 1. The van der Waals surface area contributed by atoms with E-state index in [9.17, 15) is 0 Å². The molecular weight excluding hydrogens is 250 g/mol. The predicted molar refractivity (Wildman–Crippen MR) is 80.6 cm³/mol. The Morgan fingerprint density at radius 2 is 2.05 bits per heavy atom. The van der Waals surface area contributed by atoms with E-state index < -0.39 is 0 Å². The van der Waals surface area contributed by atoms with Crippen molar-refractivity contribution in [3.8, 4) is 11.5 Å². The second-order valence-electron chi connectivity index (χ2n) is 5.05. The Morgan fingerprint density at radius 1 is 1.20 bits per heavy atom. The van der Waals surface area contributed by atoms with Crippen LogP contribution >= 0.6 is 0 Å². The minimum absolute atomic E-state index is 0.259. The topological polar surface area (TPSA) is 30.5 Å². The highest BCUT2D eigenvalue weighted by molar-refractivity contribution is 5.54. The Morgan fingerprint density at radius 3 is 2.85 bits per heavy atom. The van der Waals surface area contributed by atoms with Crippen LogP contribution in [0.1, 0.15) is 23.6 Å². The highest BCUT2D eigenvalue weighted by Crippen LogP contribution is 2.37. The van der Waals surface area contributed by atoms with E-state index in [1.807, 2.05) is 12.1 Å². The molecule has 3 rings (SSSR count). The zero-order valence-corrected chi connectivity index (χ0v) is 11.8. The number of ether oxygens (including phenoxy) is 2. The molecule has 1 unspecified atom stereocenters. The Labute approximate surface area is 119 Å². The average Bonchev–Trinajstić information content (AvgIpc) is 2.49. The summed E-state index contributed by atoms with van der Waals surface area (Å²) in [5.74, 6) is 1.81. The van der Waals surface area contributed by atoms with Crippen LogP contribution in [0, 0.1) is 6.92 Å². The highest BCUT2D eigenvalue weighted by Gasteiger charge is 2.22. The van der Waals surface area contributed by atoms with E-state index in [2.05, 4.69) is 42.6 Å². The van der Waals surface area contributed by atoms with Crippen molar-refractivity contribution in [2.45, 2.75) is 19.4 Å². The van der Waals surface area contributed by atoms with Crippen molar-refractivity contribution in [3.63, 3.8) is 0 Å². The van der Waals surface area contributed by atoms with Crippen molar-refractivity contribution in [1.82, 2.24) is 0 Å². The van der Waals surface area contributed by atoms with Crippen LogP contribution in [0.5, 0.6) is 11.5 Å². The molecule has 0 bridgehead atoms. The number of benzene rings is 2. The van der Waals surface area contributed by atoms with Gasteiger partial charge >= 0.3 is 0 Å². The summed E-state index contributed by atoms with van der Waals surface area (Å²) in [6.07, 6.45) is 0.953. The van der Waals surface area contributed by atoms with Gasteiger partial charge in [-0.1, -0.05) is 18.2 Å². The summed E-state index contributed by atoms with van der Waals surface area (Å²) in [5.41, 5.74) is 3.59. The molecule has 3 heteroatoms. The average molecular weight is 269 g/mol. The molecule has 2 aromatic carbocycles. The van der Waals surface area contributed by atoms with Gasteiger partial charge in [0.2, 0.25) is 0 Å². The van der Waals surface area contributed by atoms with E-state index >= 15 is 0 Å². The number of anilines is 1. The quantitative estimate of drug-likeness (QED) is 0.915. The fourth-order valence-corrected chi connectivity index (χ4v) is 2.57. The smallest absolute Gasteiger partial charge is 0.124 e. The zero-order valence-electron chi connectivity index (χ0n) is 11.8. The lowest BCUT2D eigenvalue weighted by Gasteiger charge is -2.28. The first-order valence-corrected chi connectivity index (χ1v) is 6.91. The molecule has 0 saturated carbocycles. The van der Waals surface area contributed by atoms with Crippen LogP contribution in [0.2, 0.25) is 0 Å². The number of fused-ring (bicyclic) bond motifs is 1. The molecular formula is C17H19NO2. The second-order valence-corrected chi connectivity index (χ2v) is 5.05. The van der Waals surface area contributed by atoms with Gasteiger partial charge in [-0.3, -0.25) is 0 Å². The largest absolute Gasteiger partial charge is 0.497 e. The van der Waals surface area contributed by atoms with Gasteiger partial charge in [-0.2, -0.15) is 0 Å². The minimum atomic E-state index is 0.259. The van der Waals surface area contributed by atoms with Gasteiger partial charge in [0.25, 0.3) is 0 Å². The van der Waals surface area contributed by atoms with Gasteiger partial charge in [-0.15, -0.1) is 0 Å². The van der Waals surface area contributed by atoms with Gasteiger partial charge in [-0.05, 0) is 36.8 Å². The van der Waals surface area contributed by atoms with Gasteiger partial charge in [0.1, 0.15) is 11.5 Å². The molecule has 3 nitrogen and oxygen atoms in total. The molecule has 0 amide bonds.